The Labute approximate surface area is 236 Å². The van der Waals surface area contributed by atoms with E-state index in [1.807, 2.05) is 0 Å². The van der Waals surface area contributed by atoms with Gasteiger partial charge < -0.3 is 47.3 Å². The Bertz CT molecular complexity index is 289. The summed E-state index contributed by atoms with van der Waals surface area (Å²) < 4.78 is 0. The topological polar surface area (TPSA) is 95.2 Å². The summed E-state index contributed by atoms with van der Waals surface area (Å²) in [5.41, 5.74) is 0. The van der Waals surface area contributed by atoms with Gasteiger partial charge in [-0.1, -0.05) is 0 Å². The van der Waals surface area contributed by atoms with E-state index in [9.17, 15) is 0 Å². The molecule has 0 fully saturated rings. The van der Waals surface area contributed by atoms with Gasteiger partial charge >= 0.3 is 0 Å². The molecule has 4 nitrogen and oxygen atoms in total. The fourth-order valence-electron chi connectivity index (χ4n) is 2.71. The summed E-state index contributed by atoms with van der Waals surface area (Å²) in [6.45, 7) is 38.0. The maximum absolute atomic E-state index is 6.25. The van der Waals surface area contributed by atoms with E-state index in [-0.39, 0.29) is 73.8 Å². The van der Waals surface area contributed by atoms with E-state index in [4.69, 9.17) is 47.3 Å². The van der Waals surface area contributed by atoms with Gasteiger partial charge in [0.2, 0.25) is 0 Å². The fraction of sp³-hybridized carbons (Fsp3) is 0.818. The molecule has 0 spiro atoms. The van der Waals surface area contributed by atoms with Crippen molar-refractivity contribution in [1.82, 2.24) is 0 Å². The van der Waals surface area contributed by atoms with Gasteiger partial charge in [-0.3, -0.25) is 0 Å². The van der Waals surface area contributed by atoms with Gasteiger partial charge in [-0.2, -0.15) is 0 Å². The first kappa shape index (κ1) is 54.1. The Balaban J connectivity index is -0.0000000434. The fourth-order valence-corrected chi connectivity index (χ4v) is 18.4. The second-order valence-electron chi connectivity index (χ2n) is 6.18. The molecule has 0 aromatic carbocycles. The molecule has 0 aliphatic carbocycles. The van der Waals surface area contributed by atoms with Crippen LogP contribution in [0.25, 0.3) is 0 Å². The zero-order chi connectivity index (χ0) is 25.4. The van der Waals surface area contributed by atoms with Gasteiger partial charge in [-0.25, -0.2) is 0 Å². The minimum Gasteiger partial charge on any atom is -0.512 e. The summed E-state index contributed by atoms with van der Waals surface area (Å²) in [6, 6.07) is 0. The van der Waals surface area contributed by atoms with Crippen molar-refractivity contribution in [3.8, 4) is 0 Å². The van der Waals surface area contributed by atoms with Crippen LogP contribution < -0.4 is 0 Å². The molecule has 32 heavy (non-hydrogen) atoms. The number of nitrogens with zero attached hydrogens (tertiary/aromatic N) is 4. The Morgan fingerprint density at radius 3 is 0.500 bits per heavy atom. The van der Waals surface area contributed by atoms with Crippen LogP contribution in [0.4, 0.5) is 0 Å². The molecule has 0 radical (unpaired) electrons. The van der Waals surface area contributed by atoms with Gasteiger partial charge in [0.15, 0.2) is 11.8 Å². The summed E-state index contributed by atoms with van der Waals surface area (Å²) in [7, 11) is 0.396. The van der Waals surface area contributed by atoms with Gasteiger partial charge in [-0.05, 0) is 55.4 Å². The third-order valence-corrected chi connectivity index (χ3v) is 21.0. The summed E-state index contributed by atoms with van der Waals surface area (Å²) in [4.78, 5) is 0. The summed E-state index contributed by atoms with van der Waals surface area (Å²) >= 11 is 0. The van der Waals surface area contributed by atoms with Crippen LogP contribution in [-0.4, -0.2) is 61.1 Å². The Morgan fingerprint density at radius 1 is 0.344 bits per heavy atom. The van der Waals surface area contributed by atoms with E-state index in [2.05, 4.69) is 55.4 Å². The molecule has 0 heterocycles. The molecule has 0 rings (SSSR count). The smallest absolute Gasteiger partial charge is 0.155 e. The maximum atomic E-state index is 6.25. The summed E-state index contributed by atoms with van der Waals surface area (Å²) in [5, 5.41) is 25.0. The monoisotopic (exact) mass is 882 g/mol. The number of rotatable bonds is 12. The van der Waals surface area contributed by atoms with Gasteiger partial charge in [0.05, 0.1) is 49.3 Å². The van der Waals surface area contributed by atoms with Crippen LogP contribution in [-0.2, 0) is 42.1 Å². The maximum Gasteiger partial charge on any atom is 0.155 e. The largest absolute Gasteiger partial charge is 0.512 e. The molecule has 0 saturated carbocycles. The Hall–Kier alpha value is 1.06. The van der Waals surface area contributed by atoms with Crippen LogP contribution in [0, 0.1) is 47.3 Å². The molecule has 0 bridgehead atoms. The van der Waals surface area contributed by atoms with Crippen LogP contribution in [0.3, 0.4) is 0 Å². The number of hydrogen-bond donors (Lipinski definition) is 0. The van der Waals surface area contributed by atoms with Crippen molar-refractivity contribution >= 4 is 31.7 Å². The summed E-state index contributed by atoms with van der Waals surface area (Å²) in [6.07, 6.45) is 12.0. The summed E-state index contributed by atoms with van der Waals surface area (Å²) in [5.74, 6) is 3.32. The molecule has 0 atom stereocenters. The predicted molar refractivity (Wildman–Crippen MR) is 147 cm³/mol. The van der Waals surface area contributed by atoms with E-state index in [1.54, 1.807) is 11.8 Å². The van der Waals surface area contributed by atoms with Gasteiger partial charge in [0, 0.05) is 73.8 Å². The molecular formula is C22H48N4P4Pt2. The van der Waals surface area contributed by atoms with Crippen molar-refractivity contribution < 1.29 is 42.1 Å². The third kappa shape index (κ3) is 44.7. The third-order valence-electron chi connectivity index (χ3n) is 5.00. The van der Waals surface area contributed by atoms with Crippen molar-refractivity contribution in [1.29, 1.82) is 21.0 Å². The molecule has 0 aliphatic heterocycles. The normalized spacial score (nSPS) is 8.12. The molecule has 0 N–H and O–H groups in total. The first-order chi connectivity index (χ1) is 14.6. The molecule has 0 unspecified atom stereocenters. The van der Waals surface area contributed by atoms with E-state index in [0.717, 1.165) is 0 Å². The zero-order valence-corrected chi connectivity index (χ0v) is 30.0. The SMILES string of the molecule is CC[PH+](CC)C[PH+](CC)CC.CC[PH+](CC)C[PH+](CC)CC.[C-]#N.[C-]#N.[C-]#N.[C-]#N.[Pt].[Pt]. The van der Waals surface area contributed by atoms with E-state index >= 15 is 0 Å². The van der Waals surface area contributed by atoms with Crippen LogP contribution in [0.5, 0.6) is 0 Å². The van der Waals surface area contributed by atoms with Crippen LogP contribution in [0.15, 0.2) is 0 Å². The number of hydrogen-bond acceptors (Lipinski definition) is 4. The van der Waals surface area contributed by atoms with Gasteiger partial charge in [-0.15, -0.1) is 0 Å². The standard InChI is InChI=1S/2C9H22P2.4CN.2Pt/c2*1-5-10(6-2)9-11(7-3)8-4;4*1-2;;/h2*5-9H2,1-4H3;;;;;;/q;;4*-1;;/p+4. The van der Waals surface area contributed by atoms with Crippen LogP contribution in [0.1, 0.15) is 55.4 Å². The van der Waals surface area contributed by atoms with Crippen LogP contribution in [0.2, 0.25) is 0 Å². The van der Waals surface area contributed by atoms with Gasteiger partial charge in [0.1, 0.15) is 0 Å². The van der Waals surface area contributed by atoms with E-state index in [0.29, 0.717) is 0 Å². The van der Waals surface area contributed by atoms with E-state index in [1.165, 1.54) is 49.3 Å². The first-order valence-electron chi connectivity index (χ1n) is 10.8. The van der Waals surface area contributed by atoms with Crippen molar-refractivity contribution in [2.75, 3.05) is 61.1 Å². The molecule has 196 valence electrons. The quantitative estimate of drug-likeness (QED) is 0.152. The van der Waals surface area contributed by atoms with Crippen molar-refractivity contribution in [3.63, 3.8) is 0 Å². The molecular weight excluding hydrogens is 834 g/mol. The van der Waals surface area contributed by atoms with Crippen molar-refractivity contribution in [2.24, 2.45) is 0 Å². The van der Waals surface area contributed by atoms with Crippen LogP contribution >= 0.6 is 31.7 Å². The molecule has 0 aromatic rings. The first-order valence-corrected chi connectivity index (χ1v) is 19.3. The second-order valence-corrected chi connectivity index (χ2v) is 20.7. The van der Waals surface area contributed by atoms with Gasteiger partial charge in [0.25, 0.3) is 0 Å². The minimum absolute atomic E-state index is 0. The van der Waals surface area contributed by atoms with Crippen molar-refractivity contribution in [2.45, 2.75) is 55.4 Å². The molecule has 10 heteroatoms. The Kier molecular flexibility index (Phi) is 98.3. The molecule has 0 saturated heterocycles. The van der Waals surface area contributed by atoms with E-state index < -0.39 is 0 Å². The molecule has 0 aromatic heterocycles. The average molecular weight is 883 g/mol. The Morgan fingerprint density at radius 2 is 0.438 bits per heavy atom. The zero-order valence-electron chi connectivity index (χ0n) is 21.5. The predicted octanol–water partition coefficient (Wildman–Crippen LogP) is 7.28. The molecule has 0 amide bonds. The van der Waals surface area contributed by atoms with Crippen molar-refractivity contribution in [3.05, 3.63) is 26.3 Å². The molecule has 0 aliphatic rings. The second kappa shape index (κ2) is 58.2. The average Bonchev–Trinajstić information content (AvgIpc) is 2.86. The minimum atomic E-state index is 0.